The van der Waals surface area contributed by atoms with E-state index in [1.165, 1.54) is 22.7 Å². The Balaban J connectivity index is 1.81. The number of nitrogens with two attached hydrogens (primary N) is 1. The molecule has 0 unspecified atom stereocenters. The van der Waals surface area contributed by atoms with Gasteiger partial charge in [0.2, 0.25) is 17.7 Å². The van der Waals surface area contributed by atoms with Crippen molar-refractivity contribution >= 4 is 34.2 Å². The van der Waals surface area contributed by atoms with Crippen molar-refractivity contribution in [2.45, 2.75) is 116 Å². The molecule has 1 heterocycles. The second kappa shape index (κ2) is 17.3. The zero-order chi connectivity index (χ0) is 31.5. The van der Waals surface area contributed by atoms with Crippen LogP contribution >= 0.6 is 11.3 Å². The van der Waals surface area contributed by atoms with Crippen LogP contribution in [0.1, 0.15) is 96.6 Å². The Hall–Kier alpha value is -2.24. The highest BCUT2D eigenvalue weighted by Crippen LogP contribution is 2.30. The molecule has 1 aromatic heterocycles. The summed E-state index contributed by atoms with van der Waals surface area (Å²) in [7, 11) is 3.35. The van der Waals surface area contributed by atoms with Gasteiger partial charge in [0, 0.05) is 38.9 Å². The molecule has 2 aliphatic rings. The summed E-state index contributed by atoms with van der Waals surface area (Å²) in [6.45, 7) is 4.46. The van der Waals surface area contributed by atoms with Crippen molar-refractivity contribution in [1.29, 1.82) is 0 Å². The van der Waals surface area contributed by atoms with E-state index < -0.39 is 24.2 Å². The third-order valence-corrected chi connectivity index (χ3v) is 9.83. The number of aliphatic hydroxyl groups is 2. The SMILES string of the molecule is CC(C)C[C@H](O)[C@H](O)[C@H](CC1CCCCC1)NC(=O)[C@@H](CC(=O)N(CC(=O)N(C)C)CC1CCCC1)Cc1csc(N)n1. The van der Waals surface area contributed by atoms with Gasteiger partial charge >= 0.3 is 0 Å². The van der Waals surface area contributed by atoms with Gasteiger partial charge in [0.25, 0.3) is 0 Å². The summed E-state index contributed by atoms with van der Waals surface area (Å²) in [4.78, 5) is 47.9. The molecule has 0 aromatic carbocycles. The van der Waals surface area contributed by atoms with Gasteiger partial charge in [-0.25, -0.2) is 4.98 Å². The molecule has 0 saturated heterocycles. The van der Waals surface area contributed by atoms with Gasteiger partial charge in [-0.05, 0) is 43.4 Å². The second-order valence-corrected chi connectivity index (χ2v) is 14.4. The first-order valence-corrected chi connectivity index (χ1v) is 17.1. The van der Waals surface area contributed by atoms with Gasteiger partial charge in [-0.3, -0.25) is 14.4 Å². The standard InChI is InChI=1S/C32H55N5O5S/c1-21(2)14-27(38)30(41)26(15-22-10-6-5-7-11-22)35-31(42)24(16-25-20-43-32(33)34-25)17-28(39)37(19-29(40)36(3)4)18-23-12-8-9-13-23/h20-24,26-27,30,38,41H,5-19H2,1-4H3,(H2,33,34)(H,35,42)/t24-,26+,27+,30-/m1/s1. The fourth-order valence-electron chi connectivity index (χ4n) is 6.59. The Morgan fingerprint density at radius 3 is 2.23 bits per heavy atom. The van der Waals surface area contributed by atoms with Crippen molar-refractivity contribution in [2.24, 2.45) is 23.7 Å². The van der Waals surface area contributed by atoms with Crippen LogP contribution in [0.4, 0.5) is 5.13 Å². The van der Waals surface area contributed by atoms with Gasteiger partial charge in [-0.1, -0.05) is 58.8 Å². The van der Waals surface area contributed by atoms with Crippen molar-refractivity contribution in [1.82, 2.24) is 20.1 Å². The Morgan fingerprint density at radius 1 is 1.02 bits per heavy atom. The van der Waals surface area contributed by atoms with Crippen molar-refractivity contribution in [3.05, 3.63) is 11.1 Å². The minimum absolute atomic E-state index is 0.0231. The third kappa shape index (κ3) is 11.6. The van der Waals surface area contributed by atoms with Gasteiger partial charge < -0.3 is 31.1 Å². The van der Waals surface area contributed by atoms with Crippen molar-refractivity contribution in [2.75, 3.05) is 32.9 Å². The van der Waals surface area contributed by atoms with Gasteiger partial charge in [0.05, 0.1) is 30.3 Å². The summed E-state index contributed by atoms with van der Waals surface area (Å²) in [5, 5.41) is 27.4. The average molecular weight is 622 g/mol. The first kappa shape index (κ1) is 35.2. The molecule has 11 heteroatoms. The van der Waals surface area contributed by atoms with E-state index in [0.29, 0.717) is 42.0 Å². The van der Waals surface area contributed by atoms with E-state index in [9.17, 15) is 24.6 Å². The molecule has 0 radical (unpaired) electrons. The fraction of sp³-hybridized carbons (Fsp3) is 0.812. The molecular weight excluding hydrogens is 566 g/mol. The Morgan fingerprint density at radius 2 is 1.65 bits per heavy atom. The van der Waals surface area contributed by atoms with E-state index in [4.69, 9.17) is 5.73 Å². The molecular formula is C32H55N5O5S. The minimum Gasteiger partial charge on any atom is -0.390 e. The molecule has 0 aliphatic heterocycles. The molecule has 1 aromatic rings. The van der Waals surface area contributed by atoms with Crippen LogP contribution in [-0.2, 0) is 20.8 Å². The number of hydrogen-bond donors (Lipinski definition) is 4. The van der Waals surface area contributed by atoms with E-state index in [2.05, 4.69) is 10.3 Å². The van der Waals surface area contributed by atoms with Crippen LogP contribution in [0.5, 0.6) is 0 Å². The summed E-state index contributed by atoms with van der Waals surface area (Å²) in [5.74, 6) is -0.621. The van der Waals surface area contributed by atoms with Crippen LogP contribution in [-0.4, -0.2) is 88.2 Å². The summed E-state index contributed by atoms with van der Waals surface area (Å²) in [5.41, 5.74) is 6.51. The number of aliphatic hydroxyl groups excluding tert-OH is 2. The fourth-order valence-corrected chi connectivity index (χ4v) is 7.16. The van der Waals surface area contributed by atoms with E-state index >= 15 is 0 Å². The zero-order valence-electron chi connectivity index (χ0n) is 26.7. The van der Waals surface area contributed by atoms with Crippen LogP contribution in [0, 0.1) is 23.7 Å². The molecule has 4 atom stereocenters. The molecule has 2 saturated carbocycles. The number of carbonyl (C=O) groups is 3. The molecule has 10 nitrogen and oxygen atoms in total. The number of likely N-dealkylation sites (N-methyl/N-ethyl adjacent to an activating group) is 1. The molecule has 3 amide bonds. The summed E-state index contributed by atoms with van der Waals surface area (Å²) in [6.07, 6.45) is 8.88. The number of rotatable bonds is 16. The Bertz CT molecular complexity index is 1020. The largest absolute Gasteiger partial charge is 0.390 e. The molecule has 5 N–H and O–H groups in total. The maximum absolute atomic E-state index is 14.0. The Labute approximate surface area is 261 Å². The molecule has 3 rings (SSSR count). The lowest BCUT2D eigenvalue weighted by atomic mass is 9.82. The molecule has 0 spiro atoms. The van der Waals surface area contributed by atoms with E-state index in [0.717, 1.165) is 51.4 Å². The number of anilines is 1. The number of aromatic nitrogens is 1. The topological polar surface area (TPSA) is 149 Å². The maximum atomic E-state index is 14.0. The molecule has 2 aliphatic carbocycles. The van der Waals surface area contributed by atoms with Gasteiger partial charge in [-0.15, -0.1) is 11.3 Å². The van der Waals surface area contributed by atoms with Gasteiger partial charge in [-0.2, -0.15) is 0 Å². The average Bonchev–Trinajstić information content (AvgIpc) is 3.62. The van der Waals surface area contributed by atoms with Crippen LogP contribution in [0.25, 0.3) is 0 Å². The lowest BCUT2D eigenvalue weighted by molar-refractivity contribution is -0.142. The van der Waals surface area contributed by atoms with Crippen molar-refractivity contribution in [3.63, 3.8) is 0 Å². The molecule has 0 bridgehead atoms. The molecule has 43 heavy (non-hydrogen) atoms. The number of nitrogens with one attached hydrogen (secondary N) is 1. The smallest absolute Gasteiger partial charge is 0.241 e. The van der Waals surface area contributed by atoms with Crippen molar-refractivity contribution < 1.29 is 24.6 Å². The highest BCUT2D eigenvalue weighted by Gasteiger charge is 2.35. The number of hydrogen-bond acceptors (Lipinski definition) is 8. The number of nitrogen functional groups attached to an aromatic ring is 1. The van der Waals surface area contributed by atoms with Crippen LogP contribution in [0.3, 0.4) is 0 Å². The normalized spacial score (nSPS) is 19.1. The first-order chi connectivity index (χ1) is 20.4. The second-order valence-electron chi connectivity index (χ2n) is 13.5. The lowest BCUT2D eigenvalue weighted by Crippen LogP contribution is -2.52. The number of amides is 3. The van der Waals surface area contributed by atoms with E-state index in [1.807, 2.05) is 13.8 Å². The Kier molecular flexibility index (Phi) is 14.2. The first-order valence-electron chi connectivity index (χ1n) is 16.3. The predicted molar refractivity (Wildman–Crippen MR) is 170 cm³/mol. The quantitative estimate of drug-likeness (QED) is 0.220. The maximum Gasteiger partial charge on any atom is 0.241 e. The number of carbonyl (C=O) groups excluding carboxylic acids is 3. The van der Waals surface area contributed by atoms with Crippen LogP contribution in [0.15, 0.2) is 5.38 Å². The van der Waals surface area contributed by atoms with E-state index in [-0.39, 0.29) is 43.0 Å². The number of thiazole rings is 1. The van der Waals surface area contributed by atoms with Crippen LogP contribution < -0.4 is 11.1 Å². The monoisotopic (exact) mass is 621 g/mol. The molecule has 2 fully saturated rings. The summed E-state index contributed by atoms with van der Waals surface area (Å²) >= 11 is 1.28. The van der Waals surface area contributed by atoms with Crippen molar-refractivity contribution in [3.8, 4) is 0 Å². The molecule has 244 valence electrons. The predicted octanol–water partition coefficient (Wildman–Crippen LogP) is 3.60. The van der Waals surface area contributed by atoms with Gasteiger partial charge in [0.1, 0.15) is 6.10 Å². The van der Waals surface area contributed by atoms with Crippen LogP contribution in [0.2, 0.25) is 0 Å². The highest BCUT2D eigenvalue weighted by molar-refractivity contribution is 7.13. The minimum atomic E-state index is -1.11. The zero-order valence-corrected chi connectivity index (χ0v) is 27.5. The highest BCUT2D eigenvalue weighted by atomic mass is 32.1. The van der Waals surface area contributed by atoms with E-state index in [1.54, 1.807) is 24.4 Å². The number of nitrogens with zero attached hydrogens (tertiary/aromatic N) is 3. The summed E-state index contributed by atoms with van der Waals surface area (Å²) in [6, 6.07) is -0.632. The third-order valence-electron chi connectivity index (χ3n) is 9.11. The lowest BCUT2D eigenvalue weighted by Gasteiger charge is -2.34. The van der Waals surface area contributed by atoms with Gasteiger partial charge in [0.15, 0.2) is 5.13 Å². The summed E-state index contributed by atoms with van der Waals surface area (Å²) < 4.78 is 0.